The van der Waals surface area contributed by atoms with E-state index in [4.69, 9.17) is 5.73 Å². The lowest BCUT2D eigenvalue weighted by molar-refractivity contribution is -0.119. The molecule has 1 radical (unpaired) electrons. The molecule has 0 aromatic heterocycles. The van der Waals surface area contributed by atoms with Gasteiger partial charge in [-0.05, 0) is 13.3 Å². The van der Waals surface area contributed by atoms with E-state index in [1.807, 2.05) is 6.92 Å². The summed E-state index contributed by atoms with van der Waals surface area (Å²) in [4.78, 5) is 11.6. The van der Waals surface area contributed by atoms with Crippen LogP contribution >= 0.6 is 0 Å². The minimum atomic E-state index is -0.167. The molecule has 0 bridgehead atoms. The molecule has 0 heterocycles. The predicted molar refractivity (Wildman–Crippen MR) is 36.4 cm³/mol. The lowest BCUT2D eigenvalue weighted by Crippen LogP contribution is -2.40. The number of nitrogens with zero attached hydrogens (tertiary/aromatic N) is 1. The highest BCUT2D eigenvalue weighted by atomic mass is 16.1. The lowest BCUT2D eigenvalue weighted by Gasteiger charge is -2.21. The Morgan fingerprint density at radius 3 is 2.56 bits per heavy atom. The summed E-state index contributed by atoms with van der Waals surface area (Å²) < 4.78 is 0. The Hall–Kier alpha value is -0.570. The van der Waals surface area contributed by atoms with E-state index in [1.54, 1.807) is 0 Å². The first-order valence-electron chi connectivity index (χ1n) is 3.02. The SMILES string of the molecule is [CH2]CN(C=O)C(N)CC. The van der Waals surface area contributed by atoms with Gasteiger partial charge in [0.15, 0.2) is 0 Å². The molecule has 3 heteroatoms. The molecular formula is C6H13N2O. The lowest BCUT2D eigenvalue weighted by atomic mass is 10.3. The van der Waals surface area contributed by atoms with Gasteiger partial charge in [0.1, 0.15) is 0 Å². The Morgan fingerprint density at radius 1 is 1.89 bits per heavy atom. The van der Waals surface area contributed by atoms with Crippen LogP contribution in [0.3, 0.4) is 0 Å². The molecule has 0 fully saturated rings. The summed E-state index contributed by atoms with van der Waals surface area (Å²) in [6.45, 7) is 5.91. The number of carbonyl (C=O) groups is 1. The predicted octanol–water partition coefficient (Wildman–Crippen LogP) is -0.0263. The molecule has 1 amide bonds. The van der Waals surface area contributed by atoms with Gasteiger partial charge in [-0.25, -0.2) is 0 Å². The third-order valence-corrected chi connectivity index (χ3v) is 1.24. The molecular weight excluding hydrogens is 116 g/mol. The van der Waals surface area contributed by atoms with Crippen LogP contribution in [0.4, 0.5) is 0 Å². The van der Waals surface area contributed by atoms with Gasteiger partial charge in [-0.1, -0.05) is 6.92 Å². The van der Waals surface area contributed by atoms with E-state index < -0.39 is 0 Å². The molecule has 0 saturated heterocycles. The molecule has 0 spiro atoms. The summed E-state index contributed by atoms with van der Waals surface area (Å²) in [6.07, 6.45) is 1.33. The minimum absolute atomic E-state index is 0.167. The molecule has 9 heavy (non-hydrogen) atoms. The summed E-state index contributed by atoms with van der Waals surface area (Å²) in [5.74, 6) is 0. The standard InChI is InChI=1S/C6H13N2O/c1-3-6(7)8(4-2)5-9/h5-6H,2-4,7H2,1H3. The van der Waals surface area contributed by atoms with Crippen molar-refractivity contribution in [2.45, 2.75) is 19.5 Å². The van der Waals surface area contributed by atoms with Crippen molar-refractivity contribution in [2.24, 2.45) is 5.73 Å². The first kappa shape index (κ1) is 8.43. The molecule has 0 aliphatic carbocycles. The van der Waals surface area contributed by atoms with E-state index in [0.29, 0.717) is 6.54 Å². The summed E-state index contributed by atoms with van der Waals surface area (Å²) in [5, 5.41) is 0. The Labute approximate surface area is 55.8 Å². The van der Waals surface area contributed by atoms with Gasteiger partial charge in [-0.3, -0.25) is 4.79 Å². The maximum atomic E-state index is 10.1. The molecule has 2 N–H and O–H groups in total. The topological polar surface area (TPSA) is 46.3 Å². The van der Waals surface area contributed by atoms with Crippen LogP contribution in [0, 0.1) is 6.92 Å². The van der Waals surface area contributed by atoms with Gasteiger partial charge in [-0.15, -0.1) is 0 Å². The van der Waals surface area contributed by atoms with Crippen molar-refractivity contribution in [1.29, 1.82) is 0 Å². The average molecular weight is 129 g/mol. The van der Waals surface area contributed by atoms with Crippen molar-refractivity contribution in [3.8, 4) is 0 Å². The molecule has 1 atom stereocenters. The summed E-state index contributed by atoms with van der Waals surface area (Å²) in [5.41, 5.74) is 5.49. The zero-order chi connectivity index (χ0) is 7.28. The van der Waals surface area contributed by atoms with Gasteiger partial charge in [0.05, 0.1) is 6.17 Å². The van der Waals surface area contributed by atoms with Crippen molar-refractivity contribution >= 4 is 6.41 Å². The number of amides is 1. The maximum Gasteiger partial charge on any atom is 0.210 e. The second kappa shape index (κ2) is 4.32. The van der Waals surface area contributed by atoms with E-state index in [9.17, 15) is 4.79 Å². The molecule has 0 rings (SSSR count). The van der Waals surface area contributed by atoms with Gasteiger partial charge < -0.3 is 10.6 Å². The van der Waals surface area contributed by atoms with Gasteiger partial charge in [0, 0.05) is 6.54 Å². The van der Waals surface area contributed by atoms with E-state index in [0.717, 1.165) is 12.8 Å². The highest BCUT2D eigenvalue weighted by Gasteiger charge is 2.05. The number of nitrogens with two attached hydrogens (primary N) is 1. The van der Waals surface area contributed by atoms with Gasteiger partial charge in [-0.2, -0.15) is 0 Å². The van der Waals surface area contributed by atoms with Crippen LogP contribution in [0.15, 0.2) is 0 Å². The summed E-state index contributed by atoms with van der Waals surface area (Å²) >= 11 is 0. The van der Waals surface area contributed by atoms with Crippen LogP contribution in [0.5, 0.6) is 0 Å². The normalized spacial score (nSPS) is 12.8. The molecule has 0 aromatic carbocycles. The number of rotatable bonds is 4. The number of carbonyl (C=O) groups excluding carboxylic acids is 1. The molecule has 0 aliphatic rings. The Morgan fingerprint density at radius 2 is 2.44 bits per heavy atom. The molecule has 0 saturated carbocycles. The van der Waals surface area contributed by atoms with Crippen LogP contribution in [0.2, 0.25) is 0 Å². The van der Waals surface area contributed by atoms with Crippen LogP contribution in [0.25, 0.3) is 0 Å². The fraction of sp³-hybridized carbons (Fsp3) is 0.667. The van der Waals surface area contributed by atoms with Crippen LogP contribution in [-0.2, 0) is 4.79 Å². The molecule has 1 unspecified atom stereocenters. The number of hydrogen-bond acceptors (Lipinski definition) is 2. The largest absolute Gasteiger partial charge is 0.330 e. The second-order valence-electron chi connectivity index (χ2n) is 1.82. The summed E-state index contributed by atoms with van der Waals surface area (Å²) in [6, 6.07) is 0. The molecule has 3 nitrogen and oxygen atoms in total. The second-order valence-corrected chi connectivity index (χ2v) is 1.82. The van der Waals surface area contributed by atoms with Crippen molar-refractivity contribution < 1.29 is 4.79 Å². The third-order valence-electron chi connectivity index (χ3n) is 1.24. The van der Waals surface area contributed by atoms with Crippen molar-refractivity contribution in [3.63, 3.8) is 0 Å². The molecule has 0 aromatic rings. The highest BCUT2D eigenvalue weighted by Crippen LogP contribution is 1.91. The fourth-order valence-corrected chi connectivity index (χ4v) is 0.531. The van der Waals surface area contributed by atoms with Gasteiger partial charge in [0.25, 0.3) is 0 Å². The van der Waals surface area contributed by atoms with E-state index >= 15 is 0 Å². The van der Waals surface area contributed by atoms with Crippen molar-refractivity contribution in [1.82, 2.24) is 4.90 Å². The molecule has 0 aliphatic heterocycles. The zero-order valence-corrected chi connectivity index (χ0v) is 5.71. The quantitative estimate of drug-likeness (QED) is 0.428. The zero-order valence-electron chi connectivity index (χ0n) is 5.71. The smallest absolute Gasteiger partial charge is 0.210 e. The van der Waals surface area contributed by atoms with Gasteiger partial charge >= 0.3 is 0 Å². The van der Waals surface area contributed by atoms with Crippen molar-refractivity contribution in [3.05, 3.63) is 6.92 Å². The first-order valence-corrected chi connectivity index (χ1v) is 3.02. The van der Waals surface area contributed by atoms with Crippen LogP contribution < -0.4 is 5.73 Å². The Balaban J connectivity index is 3.63. The van der Waals surface area contributed by atoms with Crippen LogP contribution in [0.1, 0.15) is 13.3 Å². The Bertz CT molecular complexity index is 85.1. The third kappa shape index (κ3) is 2.46. The van der Waals surface area contributed by atoms with Crippen molar-refractivity contribution in [2.75, 3.05) is 6.54 Å². The fourth-order valence-electron chi connectivity index (χ4n) is 0.531. The monoisotopic (exact) mass is 129 g/mol. The van der Waals surface area contributed by atoms with E-state index in [1.165, 1.54) is 4.90 Å². The minimum Gasteiger partial charge on any atom is -0.330 e. The molecule has 53 valence electrons. The van der Waals surface area contributed by atoms with E-state index in [2.05, 4.69) is 6.92 Å². The summed E-state index contributed by atoms with van der Waals surface area (Å²) in [7, 11) is 0. The Kier molecular flexibility index (Phi) is 4.05. The first-order chi connectivity index (χ1) is 4.26. The van der Waals surface area contributed by atoms with Gasteiger partial charge in [0.2, 0.25) is 6.41 Å². The van der Waals surface area contributed by atoms with E-state index in [-0.39, 0.29) is 6.17 Å². The number of hydrogen-bond donors (Lipinski definition) is 1. The highest BCUT2D eigenvalue weighted by molar-refractivity contribution is 5.47. The average Bonchev–Trinajstić information content (AvgIpc) is 1.90. The maximum absolute atomic E-state index is 10.1. The van der Waals surface area contributed by atoms with Crippen LogP contribution in [-0.4, -0.2) is 24.0 Å².